The molecule has 122 valence electrons. The lowest BCUT2D eigenvalue weighted by Crippen LogP contribution is -2.41. The molecule has 3 fully saturated rings. The van der Waals surface area contributed by atoms with Crippen molar-refractivity contribution >= 4 is 0 Å². The predicted molar refractivity (Wildman–Crippen MR) is 86.5 cm³/mol. The number of nitrogens with one attached hydrogen (secondary N) is 1. The molecule has 0 aromatic rings. The van der Waals surface area contributed by atoms with Crippen molar-refractivity contribution in [2.24, 2.45) is 5.92 Å². The van der Waals surface area contributed by atoms with E-state index in [9.17, 15) is 5.11 Å². The zero-order chi connectivity index (χ0) is 14.5. The topological polar surface area (TPSA) is 38.7 Å². The molecule has 3 rings (SSSR count). The molecule has 0 aromatic heterocycles. The summed E-state index contributed by atoms with van der Waals surface area (Å²) in [4.78, 5) is 5.28. The third kappa shape index (κ3) is 5.20. The van der Waals surface area contributed by atoms with Gasteiger partial charge in [0.15, 0.2) is 0 Å². The Bertz CT molecular complexity index is 294. The summed E-state index contributed by atoms with van der Waals surface area (Å²) in [7, 11) is 0. The summed E-state index contributed by atoms with van der Waals surface area (Å²) < 4.78 is 0. The van der Waals surface area contributed by atoms with Crippen molar-refractivity contribution in [1.29, 1.82) is 0 Å². The van der Waals surface area contributed by atoms with Gasteiger partial charge in [-0.2, -0.15) is 0 Å². The average Bonchev–Trinajstić information content (AvgIpc) is 3.19. The minimum atomic E-state index is 0.294. The molecule has 1 unspecified atom stereocenters. The first-order chi connectivity index (χ1) is 10.3. The monoisotopic (exact) mass is 295 g/mol. The van der Waals surface area contributed by atoms with E-state index in [4.69, 9.17) is 0 Å². The Morgan fingerprint density at radius 2 is 1.67 bits per heavy atom. The molecule has 4 nitrogen and oxygen atoms in total. The summed E-state index contributed by atoms with van der Waals surface area (Å²) in [5.74, 6) is 0.928. The largest absolute Gasteiger partial charge is 0.395 e. The summed E-state index contributed by atoms with van der Waals surface area (Å²) in [6.45, 7) is 8.00. The van der Waals surface area contributed by atoms with Gasteiger partial charge in [-0.1, -0.05) is 0 Å². The Kier molecular flexibility index (Phi) is 5.92. The molecule has 4 heteroatoms. The maximum absolute atomic E-state index is 9.45. The number of nitrogens with zero attached hydrogens (tertiary/aromatic N) is 2. The van der Waals surface area contributed by atoms with Gasteiger partial charge in [-0.05, 0) is 83.6 Å². The van der Waals surface area contributed by atoms with Gasteiger partial charge in [-0.3, -0.25) is 0 Å². The van der Waals surface area contributed by atoms with Crippen LogP contribution in [0.4, 0.5) is 0 Å². The lowest BCUT2D eigenvalue weighted by atomic mass is 9.96. The van der Waals surface area contributed by atoms with E-state index < -0.39 is 0 Å². The van der Waals surface area contributed by atoms with Gasteiger partial charge >= 0.3 is 0 Å². The van der Waals surface area contributed by atoms with Gasteiger partial charge in [-0.25, -0.2) is 0 Å². The summed E-state index contributed by atoms with van der Waals surface area (Å²) in [6.07, 6.45) is 9.28. The van der Waals surface area contributed by atoms with Crippen LogP contribution >= 0.6 is 0 Å². The van der Waals surface area contributed by atoms with E-state index >= 15 is 0 Å². The average molecular weight is 295 g/mol. The fraction of sp³-hybridized carbons (Fsp3) is 1.00. The maximum Gasteiger partial charge on any atom is 0.0585 e. The van der Waals surface area contributed by atoms with Crippen LogP contribution in [-0.2, 0) is 0 Å². The van der Waals surface area contributed by atoms with Crippen LogP contribution in [0, 0.1) is 5.92 Å². The lowest BCUT2D eigenvalue weighted by molar-refractivity contribution is 0.142. The lowest BCUT2D eigenvalue weighted by Gasteiger charge is -2.34. The molecule has 0 radical (unpaired) electrons. The molecule has 0 amide bonds. The van der Waals surface area contributed by atoms with E-state index in [2.05, 4.69) is 15.1 Å². The van der Waals surface area contributed by atoms with Crippen LogP contribution in [0.25, 0.3) is 0 Å². The molecule has 2 N–H and O–H groups in total. The van der Waals surface area contributed by atoms with E-state index in [0.29, 0.717) is 18.7 Å². The fourth-order valence-electron chi connectivity index (χ4n) is 3.87. The SMILES string of the molecule is OCC(CCN1CCC(CN2CCCC2)CC1)NC1CC1. The fourth-order valence-corrected chi connectivity index (χ4v) is 3.87. The summed E-state index contributed by atoms with van der Waals surface area (Å²) >= 11 is 0. The Labute approximate surface area is 129 Å². The van der Waals surface area contributed by atoms with Gasteiger partial charge in [0.05, 0.1) is 6.61 Å². The van der Waals surface area contributed by atoms with Crippen molar-refractivity contribution in [3.8, 4) is 0 Å². The Balaban J connectivity index is 1.29. The van der Waals surface area contributed by atoms with E-state index in [1.54, 1.807) is 0 Å². The molecule has 2 saturated heterocycles. The van der Waals surface area contributed by atoms with Crippen molar-refractivity contribution in [2.45, 2.75) is 57.0 Å². The second kappa shape index (κ2) is 7.91. The normalized spacial score (nSPS) is 27.3. The van der Waals surface area contributed by atoms with Gasteiger partial charge < -0.3 is 20.2 Å². The Morgan fingerprint density at radius 3 is 2.29 bits per heavy atom. The molecule has 21 heavy (non-hydrogen) atoms. The van der Waals surface area contributed by atoms with Gasteiger partial charge in [-0.15, -0.1) is 0 Å². The number of aliphatic hydroxyl groups is 1. The Morgan fingerprint density at radius 1 is 0.952 bits per heavy atom. The number of hydrogen-bond donors (Lipinski definition) is 2. The molecule has 1 aliphatic carbocycles. The highest BCUT2D eigenvalue weighted by Crippen LogP contribution is 2.22. The molecule has 0 spiro atoms. The summed E-state index contributed by atoms with van der Waals surface area (Å²) in [5.41, 5.74) is 0. The highest BCUT2D eigenvalue weighted by Gasteiger charge is 2.26. The zero-order valence-corrected chi connectivity index (χ0v) is 13.5. The Hall–Kier alpha value is -0.160. The second-order valence-corrected chi connectivity index (χ2v) is 7.40. The van der Waals surface area contributed by atoms with Gasteiger partial charge in [0.1, 0.15) is 0 Å². The zero-order valence-electron chi connectivity index (χ0n) is 13.5. The third-order valence-corrected chi connectivity index (χ3v) is 5.49. The van der Waals surface area contributed by atoms with Crippen LogP contribution < -0.4 is 5.32 Å². The molecule has 0 aromatic carbocycles. The minimum Gasteiger partial charge on any atom is -0.395 e. The van der Waals surface area contributed by atoms with Crippen LogP contribution in [0.1, 0.15) is 44.9 Å². The molecule has 3 aliphatic rings. The maximum atomic E-state index is 9.45. The van der Waals surface area contributed by atoms with Crippen molar-refractivity contribution in [3.63, 3.8) is 0 Å². The number of piperidine rings is 1. The predicted octanol–water partition coefficient (Wildman–Crippen LogP) is 1.30. The molecule has 1 saturated carbocycles. The second-order valence-electron chi connectivity index (χ2n) is 7.40. The quantitative estimate of drug-likeness (QED) is 0.708. The van der Waals surface area contributed by atoms with E-state index in [1.165, 1.54) is 71.2 Å². The molecule has 2 aliphatic heterocycles. The van der Waals surface area contributed by atoms with E-state index in [-0.39, 0.29) is 0 Å². The van der Waals surface area contributed by atoms with E-state index in [1.807, 2.05) is 0 Å². The van der Waals surface area contributed by atoms with Crippen LogP contribution in [0.3, 0.4) is 0 Å². The molecular weight excluding hydrogens is 262 g/mol. The minimum absolute atomic E-state index is 0.294. The smallest absolute Gasteiger partial charge is 0.0585 e. The van der Waals surface area contributed by atoms with Crippen LogP contribution in [0.5, 0.6) is 0 Å². The molecular formula is C17H33N3O. The molecule has 0 bridgehead atoms. The summed E-state index contributed by atoms with van der Waals surface area (Å²) in [5, 5.41) is 13.0. The van der Waals surface area contributed by atoms with Crippen molar-refractivity contribution < 1.29 is 5.11 Å². The first-order valence-corrected chi connectivity index (χ1v) is 9.15. The van der Waals surface area contributed by atoms with Gasteiger partial charge in [0.25, 0.3) is 0 Å². The van der Waals surface area contributed by atoms with Gasteiger partial charge in [0.2, 0.25) is 0 Å². The van der Waals surface area contributed by atoms with Gasteiger partial charge in [0, 0.05) is 18.6 Å². The number of aliphatic hydroxyl groups excluding tert-OH is 1. The highest BCUT2D eigenvalue weighted by atomic mass is 16.3. The highest BCUT2D eigenvalue weighted by molar-refractivity contribution is 4.85. The molecule has 2 heterocycles. The van der Waals surface area contributed by atoms with E-state index in [0.717, 1.165) is 18.9 Å². The first kappa shape index (κ1) is 15.7. The van der Waals surface area contributed by atoms with Crippen LogP contribution in [0.15, 0.2) is 0 Å². The van der Waals surface area contributed by atoms with Crippen LogP contribution in [0.2, 0.25) is 0 Å². The standard InChI is InChI=1S/C17H33N3O/c21-14-17(18-16-3-4-16)7-12-19-10-5-15(6-11-19)13-20-8-1-2-9-20/h15-18,21H,1-14H2. The molecule has 1 atom stereocenters. The number of hydrogen-bond acceptors (Lipinski definition) is 4. The third-order valence-electron chi connectivity index (χ3n) is 5.49. The van der Waals surface area contributed by atoms with Crippen molar-refractivity contribution in [1.82, 2.24) is 15.1 Å². The summed E-state index contributed by atoms with van der Waals surface area (Å²) in [6, 6.07) is 1.02. The van der Waals surface area contributed by atoms with Crippen molar-refractivity contribution in [2.75, 3.05) is 45.9 Å². The van der Waals surface area contributed by atoms with Crippen LogP contribution in [-0.4, -0.2) is 72.9 Å². The van der Waals surface area contributed by atoms with Crippen molar-refractivity contribution in [3.05, 3.63) is 0 Å². The first-order valence-electron chi connectivity index (χ1n) is 9.15. The number of rotatable bonds is 8. The number of likely N-dealkylation sites (tertiary alicyclic amines) is 2.